The van der Waals surface area contributed by atoms with Gasteiger partial charge in [0.1, 0.15) is 0 Å². The third-order valence-electron chi connectivity index (χ3n) is 6.11. The van der Waals surface area contributed by atoms with Crippen molar-refractivity contribution in [1.82, 2.24) is 4.90 Å². The zero-order valence-corrected chi connectivity index (χ0v) is 22.7. The molecule has 1 nitrogen and oxygen atoms in total. The lowest BCUT2D eigenvalue weighted by Gasteiger charge is -2.23. The van der Waals surface area contributed by atoms with E-state index < -0.39 is 0 Å². The molecule has 3 aromatic rings. The van der Waals surface area contributed by atoms with Crippen LogP contribution in [-0.2, 0) is 38.9 Å². The summed E-state index contributed by atoms with van der Waals surface area (Å²) in [4.78, 5) is 2.56. The van der Waals surface area contributed by atoms with Crippen LogP contribution in [0.15, 0.2) is 72.8 Å². The number of benzene rings is 3. The van der Waals surface area contributed by atoms with E-state index in [0.717, 1.165) is 38.9 Å². The molecule has 0 saturated heterocycles. The lowest BCUT2D eigenvalue weighted by Crippen LogP contribution is -2.22. The van der Waals surface area contributed by atoms with Crippen LogP contribution in [0.1, 0.15) is 68.0 Å². The van der Waals surface area contributed by atoms with Gasteiger partial charge in [-0.15, -0.1) is 0 Å². The summed E-state index contributed by atoms with van der Waals surface area (Å²) >= 11 is 4.54. The van der Waals surface area contributed by atoms with Gasteiger partial charge in [-0.25, -0.2) is 0 Å². The highest BCUT2D eigenvalue weighted by Crippen LogP contribution is 2.18. The van der Waals surface area contributed by atoms with Crippen molar-refractivity contribution in [2.45, 2.75) is 78.8 Å². The second-order valence-electron chi connectivity index (χ2n) is 10.8. The summed E-state index contributed by atoms with van der Waals surface area (Å²) in [7, 11) is 0. The molecule has 0 aliphatic rings. The molecule has 0 saturated carbocycles. The van der Waals surface area contributed by atoms with Gasteiger partial charge in [0.2, 0.25) is 0 Å². The van der Waals surface area contributed by atoms with Crippen LogP contribution in [0.25, 0.3) is 0 Å². The Hall–Kier alpha value is -2.03. The summed E-state index contributed by atoms with van der Waals surface area (Å²) in [5.41, 5.74) is 8.34. The Morgan fingerprint density at radius 1 is 0.471 bits per heavy atom. The van der Waals surface area contributed by atoms with Crippen LogP contribution in [0.4, 0.5) is 0 Å². The normalized spacial score (nSPS) is 12.6. The molecule has 1 unspecified atom stereocenters. The fraction of sp³-hybridized carbons (Fsp3) is 0.438. The fourth-order valence-corrected chi connectivity index (χ4v) is 4.78. The summed E-state index contributed by atoms with van der Waals surface area (Å²) in [5, 5.41) is 0.389. The molecule has 0 heterocycles. The molecule has 182 valence electrons. The number of thiol groups is 1. The predicted molar refractivity (Wildman–Crippen MR) is 152 cm³/mol. The van der Waals surface area contributed by atoms with Crippen molar-refractivity contribution in [2.75, 3.05) is 0 Å². The second kappa shape index (κ2) is 13.2. The van der Waals surface area contributed by atoms with Crippen molar-refractivity contribution < 1.29 is 0 Å². The van der Waals surface area contributed by atoms with Crippen LogP contribution in [0.3, 0.4) is 0 Å². The Morgan fingerprint density at radius 3 is 1.00 bits per heavy atom. The molecule has 3 rings (SSSR count). The van der Waals surface area contributed by atoms with Gasteiger partial charge in [-0.05, 0) is 64.5 Å². The third-order valence-corrected chi connectivity index (χ3v) is 6.29. The molecule has 0 radical (unpaired) electrons. The van der Waals surface area contributed by atoms with Crippen molar-refractivity contribution in [3.63, 3.8) is 0 Å². The highest BCUT2D eigenvalue weighted by molar-refractivity contribution is 7.80. The van der Waals surface area contributed by atoms with Gasteiger partial charge in [0, 0.05) is 24.9 Å². The van der Waals surface area contributed by atoms with Gasteiger partial charge in [-0.3, -0.25) is 4.90 Å². The van der Waals surface area contributed by atoms with Crippen molar-refractivity contribution in [2.24, 2.45) is 11.8 Å². The Balaban J connectivity index is 1.73. The number of rotatable bonds is 12. The smallest absolute Gasteiger partial charge is 0.0240 e. The minimum Gasteiger partial charge on any atom is -0.291 e. The molecule has 3 aromatic carbocycles. The Kier molecular flexibility index (Phi) is 10.3. The van der Waals surface area contributed by atoms with Crippen LogP contribution in [0.2, 0.25) is 0 Å². The van der Waals surface area contributed by atoms with Gasteiger partial charge in [0.25, 0.3) is 0 Å². The van der Waals surface area contributed by atoms with Gasteiger partial charge in [-0.1, -0.05) is 107 Å². The van der Waals surface area contributed by atoms with E-state index in [1.54, 1.807) is 0 Å². The zero-order valence-electron chi connectivity index (χ0n) is 21.8. The second-order valence-corrected chi connectivity index (χ2v) is 11.7. The fourth-order valence-electron chi connectivity index (χ4n) is 4.57. The largest absolute Gasteiger partial charge is 0.291 e. The number of hydrogen-bond donors (Lipinski definition) is 1. The van der Waals surface area contributed by atoms with Crippen molar-refractivity contribution >= 4 is 12.6 Å². The molecule has 0 amide bonds. The van der Waals surface area contributed by atoms with Gasteiger partial charge < -0.3 is 0 Å². The first-order valence-corrected chi connectivity index (χ1v) is 13.4. The molecular formula is C32H43NS. The summed E-state index contributed by atoms with van der Waals surface area (Å²) in [5.74, 6) is 1.38. The molecule has 0 fully saturated rings. The summed E-state index contributed by atoms with van der Waals surface area (Å²) in [6.07, 6.45) is 3.30. The number of nitrogens with zero attached hydrogens (tertiary/aromatic N) is 1. The lowest BCUT2D eigenvalue weighted by molar-refractivity contribution is 0.247. The molecule has 34 heavy (non-hydrogen) atoms. The predicted octanol–water partition coefficient (Wildman–Crippen LogP) is 8.15. The van der Waals surface area contributed by atoms with E-state index in [0.29, 0.717) is 17.1 Å². The third kappa shape index (κ3) is 9.31. The molecule has 2 heteroatoms. The highest BCUT2D eigenvalue weighted by atomic mass is 32.1. The van der Waals surface area contributed by atoms with Gasteiger partial charge in [0.05, 0.1) is 0 Å². The molecule has 0 N–H and O–H groups in total. The van der Waals surface area contributed by atoms with Crippen molar-refractivity contribution in [3.05, 3.63) is 106 Å². The highest BCUT2D eigenvalue weighted by Gasteiger charge is 2.10. The Morgan fingerprint density at radius 2 is 0.735 bits per heavy atom. The maximum absolute atomic E-state index is 4.54. The van der Waals surface area contributed by atoms with Crippen LogP contribution in [0, 0.1) is 11.8 Å². The van der Waals surface area contributed by atoms with Crippen LogP contribution in [0.5, 0.6) is 0 Å². The quantitative estimate of drug-likeness (QED) is 0.260. The molecule has 0 aliphatic carbocycles. The van der Waals surface area contributed by atoms with Crippen molar-refractivity contribution in [1.29, 1.82) is 0 Å². The Bertz CT molecular complexity index is 837. The van der Waals surface area contributed by atoms with E-state index in [1.807, 2.05) is 0 Å². The summed E-state index contributed by atoms with van der Waals surface area (Å²) in [6.45, 7) is 14.1. The molecule has 0 aliphatic heterocycles. The molecule has 1 atom stereocenters. The van der Waals surface area contributed by atoms with Gasteiger partial charge in [-0.2, -0.15) is 12.6 Å². The standard InChI is InChI=1S/C32H43NS/c1-24(2)18-27-6-12-30(13-7-27)21-33(22-31-14-8-28(9-15-31)19-25(3)4)23-32-16-10-29(11-17-32)20-26(5)34/h6-17,24-26,34H,18-23H2,1-5H3. The van der Waals surface area contributed by atoms with E-state index in [-0.39, 0.29) is 0 Å². The average Bonchev–Trinajstić information content (AvgIpc) is 2.77. The first-order valence-electron chi connectivity index (χ1n) is 12.9. The SMILES string of the molecule is CC(C)Cc1ccc(CN(Cc2ccc(CC(C)C)cc2)Cc2ccc(CC(C)S)cc2)cc1. The summed E-state index contributed by atoms with van der Waals surface area (Å²) < 4.78 is 0. The van der Waals surface area contributed by atoms with Crippen LogP contribution in [-0.4, -0.2) is 10.1 Å². The lowest BCUT2D eigenvalue weighted by atomic mass is 10.0. The first-order chi connectivity index (χ1) is 16.3. The zero-order chi connectivity index (χ0) is 24.5. The average molecular weight is 474 g/mol. The summed E-state index contributed by atoms with van der Waals surface area (Å²) in [6, 6.07) is 27.6. The van der Waals surface area contributed by atoms with E-state index in [4.69, 9.17) is 0 Å². The monoisotopic (exact) mass is 473 g/mol. The maximum atomic E-state index is 4.54. The maximum Gasteiger partial charge on any atom is 0.0240 e. The molecular weight excluding hydrogens is 430 g/mol. The van der Waals surface area contributed by atoms with Crippen LogP contribution >= 0.6 is 12.6 Å². The minimum absolute atomic E-state index is 0.389. The number of hydrogen-bond acceptors (Lipinski definition) is 2. The molecule has 0 aromatic heterocycles. The molecule has 0 spiro atoms. The first kappa shape index (κ1) is 26.6. The minimum atomic E-state index is 0.389. The Labute approximate surface area is 214 Å². The topological polar surface area (TPSA) is 3.24 Å². The van der Waals surface area contributed by atoms with Crippen molar-refractivity contribution in [3.8, 4) is 0 Å². The van der Waals surface area contributed by atoms with Crippen LogP contribution < -0.4 is 0 Å². The van der Waals surface area contributed by atoms with Gasteiger partial charge >= 0.3 is 0 Å². The van der Waals surface area contributed by atoms with E-state index >= 15 is 0 Å². The van der Waals surface area contributed by atoms with E-state index in [9.17, 15) is 0 Å². The van der Waals surface area contributed by atoms with Gasteiger partial charge in [0.15, 0.2) is 0 Å². The van der Waals surface area contributed by atoms with E-state index in [1.165, 1.54) is 33.4 Å². The molecule has 0 bridgehead atoms. The van der Waals surface area contributed by atoms with E-state index in [2.05, 4.69) is 125 Å².